The fourth-order valence-corrected chi connectivity index (χ4v) is 4.33. The summed E-state index contributed by atoms with van der Waals surface area (Å²) in [5, 5.41) is 27.5. The lowest BCUT2D eigenvalue weighted by Gasteiger charge is -2.21. The summed E-state index contributed by atoms with van der Waals surface area (Å²) in [6, 6.07) is 11.6. The molecule has 0 aliphatic carbocycles. The molecule has 0 radical (unpaired) electrons. The highest BCUT2D eigenvalue weighted by molar-refractivity contribution is 7.99. The number of anilines is 1. The zero-order chi connectivity index (χ0) is 21.3. The van der Waals surface area contributed by atoms with Crippen LogP contribution in [0.15, 0.2) is 29.4 Å². The highest BCUT2D eigenvalue weighted by Crippen LogP contribution is 2.31. The third-order valence-electron chi connectivity index (χ3n) is 4.76. The van der Waals surface area contributed by atoms with Crippen molar-refractivity contribution in [3.8, 4) is 17.8 Å². The molecule has 1 aromatic heterocycles. The van der Waals surface area contributed by atoms with E-state index in [-0.39, 0.29) is 24.5 Å². The second-order valence-electron chi connectivity index (χ2n) is 6.75. The topological polar surface area (TPSA) is 102 Å². The molecule has 0 atom stereocenters. The predicted octanol–water partition coefficient (Wildman–Crippen LogP) is 3.27. The van der Waals surface area contributed by atoms with Crippen LogP contribution in [0, 0.1) is 22.7 Å². The second-order valence-corrected chi connectivity index (χ2v) is 8.10. The van der Waals surface area contributed by atoms with Gasteiger partial charge in [0.05, 0.1) is 41.4 Å². The summed E-state index contributed by atoms with van der Waals surface area (Å²) in [6.45, 7) is 2.44. The van der Waals surface area contributed by atoms with Crippen LogP contribution in [0.25, 0.3) is 5.69 Å². The lowest BCUT2D eigenvalue weighted by molar-refractivity contribution is -0.128. The van der Waals surface area contributed by atoms with Crippen LogP contribution in [0.5, 0.6) is 0 Å². The molecule has 10 heteroatoms. The van der Waals surface area contributed by atoms with E-state index in [4.69, 9.17) is 22.1 Å². The van der Waals surface area contributed by atoms with Gasteiger partial charge in [-0.3, -0.25) is 9.36 Å². The summed E-state index contributed by atoms with van der Waals surface area (Å²) in [7, 11) is 0. The molecule has 0 spiro atoms. The van der Waals surface area contributed by atoms with Crippen molar-refractivity contribution in [2.75, 3.05) is 36.8 Å². The van der Waals surface area contributed by atoms with Crippen LogP contribution in [0.4, 0.5) is 5.95 Å². The maximum Gasteiger partial charge on any atom is 0.233 e. The van der Waals surface area contributed by atoms with Gasteiger partial charge in [-0.25, -0.2) is 0 Å². The Morgan fingerprint density at radius 3 is 2.43 bits per heavy atom. The summed E-state index contributed by atoms with van der Waals surface area (Å²) in [4.78, 5) is 16.4. The third-order valence-corrected chi connectivity index (χ3v) is 6.00. The van der Waals surface area contributed by atoms with Gasteiger partial charge in [-0.2, -0.15) is 10.5 Å². The van der Waals surface area contributed by atoms with E-state index < -0.39 is 0 Å². The Morgan fingerprint density at radius 1 is 1.13 bits per heavy atom. The van der Waals surface area contributed by atoms with E-state index in [0.717, 1.165) is 37.6 Å². The van der Waals surface area contributed by atoms with Crippen LogP contribution in [-0.2, 0) is 4.79 Å². The SMILES string of the molecule is N#CCCN(CCC#N)C(=O)CSc1nnc(N2CCCC2)n1-c1ccccc1Cl. The maximum atomic E-state index is 12.7. The van der Waals surface area contributed by atoms with Crippen LogP contribution in [0.3, 0.4) is 0 Å². The maximum absolute atomic E-state index is 12.7. The number of carbonyl (C=O) groups excluding carboxylic acids is 1. The Balaban J connectivity index is 1.82. The van der Waals surface area contributed by atoms with Gasteiger partial charge >= 0.3 is 0 Å². The molecule has 2 heterocycles. The molecule has 8 nitrogen and oxygen atoms in total. The number of carbonyl (C=O) groups is 1. The summed E-state index contributed by atoms with van der Waals surface area (Å²) in [5.74, 6) is 0.725. The molecule has 2 aromatic rings. The first-order valence-electron chi connectivity index (χ1n) is 9.75. The van der Waals surface area contributed by atoms with E-state index >= 15 is 0 Å². The van der Waals surface area contributed by atoms with Gasteiger partial charge < -0.3 is 9.80 Å². The number of benzene rings is 1. The Bertz CT molecular complexity index is 941. The first-order valence-corrected chi connectivity index (χ1v) is 11.1. The summed E-state index contributed by atoms with van der Waals surface area (Å²) < 4.78 is 1.90. The van der Waals surface area contributed by atoms with Gasteiger partial charge in [-0.05, 0) is 25.0 Å². The number of aromatic nitrogens is 3. The third kappa shape index (κ3) is 5.24. The molecule has 0 saturated carbocycles. The number of hydrogen-bond acceptors (Lipinski definition) is 7. The molecule has 1 fully saturated rings. The minimum Gasteiger partial charge on any atom is -0.341 e. The number of nitriles is 2. The van der Waals surface area contributed by atoms with Crippen LogP contribution < -0.4 is 4.90 Å². The highest BCUT2D eigenvalue weighted by Gasteiger charge is 2.24. The molecule has 1 amide bonds. The van der Waals surface area contributed by atoms with E-state index in [1.807, 2.05) is 41.0 Å². The van der Waals surface area contributed by atoms with Crippen molar-refractivity contribution >= 4 is 35.2 Å². The molecule has 1 aliphatic heterocycles. The minimum absolute atomic E-state index is 0.137. The van der Waals surface area contributed by atoms with Crippen molar-refractivity contribution in [2.45, 2.75) is 30.8 Å². The average molecular weight is 444 g/mol. The number of hydrogen-bond donors (Lipinski definition) is 0. The van der Waals surface area contributed by atoms with Crippen molar-refractivity contribution in [3.05, 3.63) is 29.3 Å². The molecule has 1 aromatic carbocycles. The molecule has 0 N–H and O–H groups in total. The molecule has 1 aliphatic rings. The van der Waals surface area contributed by atoms with Crippen molar-refractivity contribution in [3.63, 3.8) is 0 Å². The quantitative estimate of drug-likeness (QED) is 0.548. The zero-order valence-electron chi connectivity index (χ0n) is 16.5. The second kappa shape index (κ2) is 10.9. The monoisotopic (exact) mass is 443 g/mol. The van der Waals surface area contributed by atoms with E-state index in [2.05, 4.69) is 15.1 Å². The van der Waals surface area contributed by atoms with E-state index in [1.165, 1.54) is 11.8 Å². The van der Waals surface area contributed by atoms with Gasteiger partial charge in [0, 0.05) is 26.2 Å². The van der Waals surface area contributed by atoms with E-state index in [1.54, 1.807) is 4.90 Å². The van der Waals surface area contributed by atoms with Gasteiger partial charge in [0.15, 0.2) is 5.16 Å². The fraction of sp³-hybridized carbons (Fsp3) is 0.450. The van der Waals surface area contributed by atoms with Crippen LogP contribution >= 0.6 is 23.4 Å². The molecule has 30 heavy (non-hydrogen) atoms. The Morgan fingerprint density at radius 2 is 1.80 bits per heavy atom. The van der Waals surface area contributed by atoms with Gasteiger partial charge in [0.2, 0.25) is 11.9 Å². The van der Waals surface area contributed by atoms with Crippen molar-refractivity contribution in [1.29, 1.82) is 10.5 Å². The van der Waals surface area contributed by atoms with Crippen molar-refractivity contribution in [1.82, 2.24) is 19.7 Å². The van der Waals surface area contributed by atoms with E-state index in [9.17, 15) is 4.79 Å². The molecule has 1 saturated heterocycles. The first kappa shape index (κ1) is 21.9. The summed E-state index contributed by atoms with van der Waals surface area (Å²) in [6.07, 6.45) is 2.67. The lowest BCUT2D eigenvalue weighted by atomic mass is 10.3. The smallest absolute Gasteiger partial charge is 0.233 e. The highest BCUT2D eigenvalue weighted by atomic mass is 35.5. The van der Waals surface area contributed by atoms with Crippen LogP contribution in [0.1, 0.15) is 25.7 Å². The van der Waals surface area contributed by atoms with Gasteiger partial charge in [-0.1, -0.05) is 35.5 Å². The zero-order valence-corrected chi connectivity index (χ0v) is 18.1. The number of nitrogens with zero attached hydrogens (tertiary/aromatic N) is 7. The van der Waals surface area contributed by atoms with E-state index in [0.29, 0.717) is 23.3 Å². The molecule has 3 rings (SSSR count). The summed E-state index contributed by atoms with van der Waals surface area (Å²) in [5.41, 5.74) is 0.770. The Kier molecular flexibility index (Phi) is 7.95. The Hall–Kier alpha value is -2.75. The number of thioether (sulfide) groups is 1. The molecular weight excluding hydrogens is 422 g/mol. The van der Waals surface area contributed by atoms with Crippen molar-refractivity contribution in [2.24, 2.45) is 0 Å². The predicted molar refractivity (Wildman–Crippen MR) is 116 cm³/mol. The number of halogens is 1. The number of para-hydroxylation sites is 1. The average Bonchev–Trinajstić information content (AvgIpc) is 3.42. The van der Waals surface area contributed by atoms with Gasteiger partial charge in [0.1, 0.15) is 0 Å². The number of amides is 1. The van der Waals surface area contributed by atoms with Gasteiger partial charge in [0.25, 0.3) is 0 Å². The van der Waals surface area contributed by atoms with Gasteiger partial charge in [-0.15, -0.1) is 10.2 Å². The van der Waals surface area contributed by atoms with Crippen LogP contribution in [-0.4, -0.2) is 57.5 Å². The molecule has 0 unspecified atom stereocenters. The minimum atomic E-state index is -0.137. The Labute approximate surface area is 185 Å². The van der Waals surface area contributed by atoms with Crippen molar-refractivity contribution < 1.29 is 4.79 Å². The normalized spacial score (nSPS) is 13.1. The molecule has 156 valence electrons. The fourth-order valence-electron chi connectivity index (χ4n) is 3.27. The molecule has 0 bridgehead atoms. The molecular formula is C20H22ClN7OS. The summed E-state index contributed by atoms with van der Waals surface area (Å²) >= 11 is 7.73. The number of rotatable bonds is 9. The largest absolute Gasteiger partial charge is 0.341 e. The first-order chi connectivity index (χ1) is 14.7. The van der Waals surface area contributed by atoms with Crippen LogP contribution in [0.2, 0.25) is 5.02 Å². The standard InChI is InChI=1S/C20H22ClN7OS/c21-16-7-1-2-8-17(16)28-19(27-11-3-4-12-27)24-25-20(28)30-15-18(29)26(13-5-9-22)14-6-10-23/h1-2,7-8H,3-6,11-15H2. The lowest BCUT2D eigenvalue weighted by Crippen LogP contribution is -2.34.